The fourth-order valence-electron chi connectivity index (χ4n) is 3.04. The molecule has 1 unspecified atom stereocenters. The van der Waals surface area contributed by atoms with E-state index in [-0.39, 0.29) is 17.0 Å². The molecule has 2 N–H and O–H groups in total. The van der Waals surface area contributed by atoms with Crippen LogP contribution in [0, 0.1) is 0 Å². The maximum Gasteiger partial charge on any atom is 0.337 e. The number of esters is 1. The van der Waals surface area contributed by atoms with Crippen molar-refractivity contribution in [2.24, 2.45) is 0 Å². The molecule has 0 heterocycles. The summed E-state index contributed by atoms with van der Waals surface area (Å²) in [7, 11) is 1.25. The Kier molecular flexibility index (Phi) is 6.04. The number of carbonyl (C=O) groups excluding carboxylic acids is 2. The summed E-state index contributed by atoms with van der Waals surface area (Å²) in [5.74, 6) is -3.15. The van der Waals surface area contributed by atoms with Gasteiger partial charge < -0.3 is 15.2 Å². The molecule has 1 atom stereocenters. The van der Waals surface area contributed by atoms with Crippen molar-refractivity contribution in [2.75, 3.05) is 12.4 Å². The Hall–Kier alpha value is -3.93. The van der Waals surface area contributed by atoms with Crippen LogP contribution in [0.5, 0.6) is 0 Å². The number of rotatable bonds is 6. The predicted molar refractivity (Wildman–Crippen MR) is 108 cm³/mol. The number of methoxy groups -OCH3 is 1. The maximum absolute atomic E-state index is 12.6. The topological polar surface area (TPSA) is 92.7 Å². The van der Waals surface area contributed by atoms with Gasteiger partial charge in [0, 0.05) is 11.3 Å². The van der Waals surface area contributed by atoms with E-state index in [4.69, 9.17) is 4.74 Å². The molecule has 0 bridgehead atoms. The summed E-state index contributed by atoms with van der Waals surface area (Å²) in [6.45, 7) is 0. The second-order valence-electron chi connectivity index (χ2n) is 6.30. The van der Waals surface area contributed by atoms with E-state index in [1.54, 1.807) is 60.7 Å². The van der Waals surface area contributed by atoms with E-state index in [1.807, 2.05) is 0 Å². The van der Waals surface area contributed by atoms with Gasteiger partial charge >= 0.3 is 11.9 Å². The van der Waals surface area contributed by atoms with Crippen LogP contribution in [0.1, 0.15) is 37.8 Å². The van der Waals surface area contributed by atoms with Crippen LogP contribution in [-0.2, 0) is 9.53 Å². The number of ether oxygens (including phenoxy) is 1. The lowest BCUT2D eigenvalue weighted by molar-refractivity contribution is -0.137. The molecule has 29 heavy (non-hydrogen) atoms. The third-order valence-electron chi connectivity index (χ3n) is 4.45. The predicted octanol–water partition coefficient (Wildman–Crippen LogP) is 3.94. The van der Waals surface area contributed by atoms with Crippen LogP contribution in [0.25, 0.3) is 0 Å². The minimum Gasteiger partial charge on any atom is -0.481 e. The van der Waals surface area contributed by atoms with Crippen molar-refractivity contribution >= 4 is 23.5 Å². The van der Waals surface area contributed by atoms with E-state index in [0.717, 1.165) is 0 Å². The van der Waals surface area contributed by atoms with Crippen molar-refractivity contribution in [3.8, 4) is 0 Å². The smallest absolute Gasteiger partial charge is 0.337 e. The summed E-state index contributed by atoms with van der Waals surface area (Å²) in [6, 6.07) is 21.6. The zero-order valence-electron chi connectivity index (χ0n) is 15.7. The standard InChI is InChI=1S/C23H19NO5/c1-29-23(28)17-12-13-19(24-21(25)16-10-6-3-7-11-16)18(14-17)20(22(26)27)15-8-4-2-5-9-15/h2-14,20H,1H3,(H,24,25)(H,26,27). The molecule has 0 spiro atoms. The lowest BCUT2D eigenvalue weighted by Gasteiger charge is -2.19. The fraction of sp³-hybridized carbons (Fsp3) is 0.0870. The van der Waals surface area contributed by atoms with Crippen LogP contribution in [0.2, 0.25) is 0 Å². The molecule has 0 saturated heterocycles. The molecule has 0 fully saturated rings. The van der Waals surface area contributed by atoms with Gasteiger partial charge in [0.05, 0.1) is 12.7 Å². The van der Waals surface area contributed by atoms with E-state index >= 15 is 0 Å². The third kappa shape index (κ3) is 4.50. The number of carbonyl (C=O) groups is 3. The van der Waals surface area contributed by atoms with Crippen molar-refractivity contribution in [1.82, 2.24) is 0 Å². The monoisotopic (exact) mass is 389 g/mol. The van der Waals surface area contributed by atoms with Gasteiger partial charge in [0.15, 0.2) is 0 Å². The first-order valence-corrected chi connectivity index (χ1v) is 8.87. The average molecular weight is 389 g/mol. The highest BCUT2D eigenvalue weighted by Gasteiger charge is 2.27. The molecule has 6 nitrogen and oxygen atoms in total. The number of aliphatic carboxylic acids is 1. The SMILES string of the molecule is COC(=O)c1ccc(NC(=O)c2ccccc2)c(C(C(=O)O)c2ccccc2)c1. The first-order valence-electron chi connectivity index (χ1n) is 8.87. The lowest BCUT2D eigenvalue weighted by Crippen LogP contribution is -2.19. The molecule has 146 valence electrons. The maximum atomic E-state index is 12.6. The first-order chi connectivity index (χ1) is 14.0. The Bertz CT molecular complexity index is 1030. The van der Waals surface area contributed by atoms with Crippen LogP contribution < -0.4 is 5.32 Å². The molecule has 1 amide bonds. The average Bonchev–Trinajstić information content (AvgIpc) is 2.75. The van der Waals surface area contributed by atoms with Gasteiger partial charge in [-0.05, 0) is 41.5 Å². The van der Waals surface area contributed by atoms with Crippen molar-refractivity contribution in [1.29, 1.82) is 0 Å². The number of amides is 1. The van der Waals surface area contributed by atoms with Crippen LogP contribution in [0.3, 0.4) is 0 Å². The van der Waals surface area contributed by atoms with Gasteiger partial charge in [0.1, 0.15) is 5.92 Å². The van der Waals surface area contributed by atoms with Gasteiger partial charge in [-0.1, -0.05) is 48.5 Å². The van der Waals surface area contributed by atoms with Crippen molar-refractivity contribution in [2.45, 2.75) is 5.92 Å². The van der Waals surface area contributed by atoms with Crippen LogP contribution in [-0.4, -0.2) is 30.1 Å². The molecule has 0 aromatic heterocycles. The third-order valence-corrected chi connectivity index (χ3v) is 4.45. The van der Waals surface area contributed by atoms with E-state index in [0.29, 0.717) is 16.8 Å². The van der Waals surface area contributed by atoms with Gasteiger partial charge in [-0.15, -0.1) is 0 Å². The summed E-state index contributed by atoms with van der Waals surface area (Å²) < 4.78 is 4.75. The largest absolute Gasteiger partial charge is 0.481 e. The summed E-state index contributed by atoms with van der Waals surface area (Å²) in [4.78, 5) is 36.7. The minimum atomic E-state index is -1.10. The molecule has 0 aliphatic heterocycles. The van der Waals surface area contributed by atoms with E-state index in [1.165, 1.54) is 25.3 Å². The lowest BCUT2D eigenvalue weighted by atomic mass is 9.89. The van der Waals surface area contributed by atoms with E-state index < -0.39 is 17.9 Å². The van der Waals surface area contributed by atoms with Gasteiger partial charge in [-0.25, -0.2) is 4.79 Å². The molecule has 0 aliphatic carbocycles. The quantitative estimate of drug-likeness (QED) is 0.623. The Balaban J connectivity index is 2.09. The second kappa shape index (κ2) is 8.84. The second-order valence-corrected chi connectivity index (χ2v) is 6.30. The van der Waals surface area contributed by atoms with Crippen molar-refractivity contribution in [3.63, 3.8) is 0 Å². The molecule has 3 aromatic rings. The van der Waals surface area contributed by atoms with E-state index in [9.17, 15) is 19.5 Å². The van der Waals surface area contributed by atoms with Gasteiger partial charge in [-0.3, -0.25) is 9.59 Å². The van der Waals surface area contributed by atoms with Crippen LogP contribution in [0.4, 0.5) is 5.69 Å². The summed E-state index contributed by atoms with van der Waals surface area (Å²) >= 11 is 0. The Morgan fingerprint density at radius 1 is 0.862 bits per heavy atom. The Morgan fingerprint density at radius 2 is 1.48 bits per heavy atom. The molecule has 0 saturated carbocycles. The van der Waals surface area contributed by atoms with Gasteiger partial charge in [0.2, 0.25) is 0 Å². The molecule has 6 heteroatoms. The highest BCUT2D eigenvalue weighted by atomic mass is 16.5. The van der Waals surface area contributed by atoms with Crippen molar-refractivity contribution in [3.05, 3.63) is 101 Å². The normalized spacial score (nSPS) is 11.3. The molecule has 3 rings (SSSR count). The van der Waals surface area contributed by atoms with Gasteiger partial charge in [0.25, 0.3) is 5.91 Å². The molecule has 3 aromatic carbocycles. The number of anilines is 1. The molecule has 0 radical (unpaired) electrons. The number of benzene rings is 3. The highest BCUT2D eigenvalue weighted by Crippen LogP contribution is 2.32. The molecular formula is C23H19NO5. The minimum absolute atomic E-state index is 0.197. The number of hydrogen-bond acceptors (Lipinski definition) is 4. The van der Waals surface area contributed by atoms with Crippen molar-refractivity contribution < 1.29 is 24.2 Å². The molecular weight excluding hydrogens is 370 g/mol. The number of carboxylic acid groups (broad SMARTS) is 1. The number of hydrogen-bond donors (Lipinski definition) is 2. The van der Waals surface area contributed by atoms with Gasteiger partial charge in [-0.2, -0.15) is 0 Å². The highest BCUT2D eigenvalue weighted by molar-refractivity contribution is 6.05. The summed E-state index contributed by atoms with van der Waals surface area (Å²) in [5, 5.41) is 12.7. The first kappa shape index (κ1) is 19.8. The summed E-state index contributed by atoms with van der Waals surface area (Å²) in [5.41, 5.74) is 1.75. The zero-order chi connectivity index (χ0) is 20.8. The number of nitrogens with one attached hydrogen (secondary N) is 1. The van der Waals surface area contributed by atoms with Crippen LogP contribution >= 0.6 is 0 Å². The zero-order valence-corrected chi connectivity index (χ0v) is 15.7. The Labute approximate surface area is 167 Å². The fourth-order valence-corrected chi connectivity index (χ4v) is 3.04. The number of carboxylic acids is 1. The van der Waals surface area contributed by atoms with E-state index in [2.05, 4.69) is 5.32 Å². The Morgan fingerprint density at radius 3 is 2.07 bits per heavy atom. The molecule has 0 aliphatic rings. The van der Waals surface area contributed by atoms with Crippen LogP contribution in [0.15, 0.2) is 78.9 Å². The summed E-state index contributed by atoms with van der Waals surface area (Å²) in [6.07, 6.45) is 0.